The number of esters is 2. The van der Waals surface area contributed by atoms with Gasteiger partial charge in [-0.2, -0.15) is 0 Å². The lowest BCUT2D eigenvalue weighted by atomic mass is 10.2. The quantitative estimate of drug-likeness (QED) is 0.508. The summed E-state index contributed by atoms with van der Waals surface area (Å²) in [7, 11) is 0. The second-order valence-electron chi connectivity index (χ2n) is 4.00. The van der Waals surface area contributed by atoms with Crippen LogP contribution in [0.4, 0.5) is 0 Å². The first-order chi connectivity index (χ1) is 8.02. The van der Waals surface area contributed by atoms with Gasteiger partial charge < -0.3 is 9.47 Å². The predicted octanol–water partition coefficient (Wildman–Crippen LogP) is 2.48. The van der Waals surface area contributed by atoms with Gasteiger partial charge in [-0.3, -0.25) is 4.79 Å². The summed E-state index contributed by atoms with van der Waals surface area (Å²) in [6.45, 7) is 7.58. The number of rotatable bonds is 7. The average molecular weight is 242 g/mol. The van der Waals surface area contributed by atoms with Gasteiger partial charge in [-0.1, -0.05) is 33.3 Å². The molecule has 0 aliphatic rings. The van der Waals surface area contributed by atoms with Gasteiger partial charge in [0.15, 0.2) is 0 Å². The van der Waals surface area contributed by atoms with Gasteiger partial charge in [0.05, 0.1) is 18.1 Å². The zero-order valence-corrected chi connectivity index (χ0v) is 11.1. The first kappa shape index (κ1) is 15.7. The van der Waals surface area contributed by atoms with Crippen LogP contribution in [0.3, 0.4) is 0 Å². The molecule has 0 aromatic heterocycles. The lowest BCUT2D eigenvalue weighted by Gasteiger charge is -2.09. The lowest BCUT2D eigenvalue weighted by Crippen LogP contribution is -2.18. The van der Waals surface area contributed by atoms with Crippen LogP contribution in [0, 0.1) is 5.92 Å². The molecule has 0 heterocycles. The summed E-state index contributed by atoms with van der Waals surface area (Å²) < 4.78 is 9.92. The topological polar surface area (TPSA) is 52.6 Å². The minimum atomic E-state index is -0.405. The lowest BCUT2D eigenvalue weighted by molar-refractivity contribution is -0.147. The number of carbonyl (C=O) groups is 2. The van der Waals surface area contributed by atoms with Gasteiger partial charge >= 0.3 is 11.9 Å². The Morgan fingerprint density at radius 2 is 1.82 bits per heavy atom. The van der Waals surface area contributed by atoms with E-state index in [1.54, 1.807) is 26.8 Å². The molecular weight excluding hydrogens is 220 g/mol. The van der Waals surface area contributed by atoms with E-state index < -0.39 is 5.97 Å². The van der Waals surface area contributed by atoms with Gasteiger partial charge in [-0.15, -0.1) is 0 Å². The van der Waals surface area contributed by atoms with Crippen molar-refractivity contribution < 1.29 is 19.1 Å². The second kappa shape index (κ2) is 8.79. The third-order valence-corrected chi connectivity index (χ3v) is 2.06. The number of allylic oxidation sites excluding steroid dienone is 1. The van der Waals surface area contributed by atoms with Crippen molar-refractivity contribution in [2.24, 2.45) is 5.92 Å². The van der Waals surface area contributed by atoms with E-state index in [1.807, 2.05) is 6.92 Å². The molecule has 0 N–H and O–H groups in total. The summed E-state index contributed by atoms with van der Waals surface area (Å²) in [4.78, 5) is 22.8. The van der Waals surface area contributed by atoms with E-state index in [9.17, 15) is 9.59 Å². The molecule has 98 valence electrons. The molecule has 0 aromatic rings. The maximum Gasteiger partial charge on any atom is 0.337 e. The highest BCUT2D eigenvalue weighted by molar-refractivity contribution is 5.89. The summed E-state index contributed by atoms with van der Waals surface area (Å²) >= 11 is 0. The van der Waals surface area contributed by atoms with Gasteiger partial charge in [0, 0.05) is 0 Å². The summed E-state index contributed by atoms with van der Waals surface area (Å²) in [6.07, 6.45) is 3.47. The molecule has 0 saturated carbocycles. The van der Waals surface area contributed by atoms with Gasteiger partial charge in [0.25, 0.3) is 0 Å². The molecule has 0 unspecified atom stereocenters. The molecule has 4 nitrogen and oxygen atoms in total. The highest BCUT2D eigenvalue weighted by Gasteiger charge is 2.14. The molecule has 0 aliphatic heterocycles. The molecule has 0 rings (SSSR count). The molecule has 0 fully saturated rings. The fraction of sp³-hybridized carbons (Fsp3) is 0.692. The highest BCUT2D eigenvalue weighted by atomic mass is 16.5. The van der Waals surface area contributed by atoms with Crippen LogP contribution in [0.2, 0.25) is 0 Å². The highest BCUT2D eigenvalue weighted by Crippen LogP contribution is 2.05. The van der Waals surface area contributed by atoms with E-state index in [0.717, 1.165) is 12.8 Å². The first-order valence-electron chi connectivity index (χ1n) is 6.05. The van der Waals surface area contributed by atoms with Crippen molar-refractivity contribution in [2.45, 2.75) is 40.5 Å². The largest absolute Gasteiger partial charge is 0.463 e. The third-order valence-electron chi connectivity index (χ3n) is 2.06. The number of hydrogen-bond donors (Lipinski definition) is 0. The van der Waals surface area contributed by atoms with Gasteiger partial charge in [-0.25, -0.2) is 4.79 Å². The Morgan fingerprint density at radius 3 is 2.29 bits per heavy atom. The average Bonchev–Trinajstić information content (AvgIpc) is 2.28. The molecule has 0 spiro atoms. The zero-order valence-electron chi connectivity index (χ0n) is 11.1. The first-order valence-corrected chi connectivity index (χ1v) is 6.05. The molecule has 0 atom stereocenters. The SMILES string of the molecule is CCCC=C(COC(=O)C(C)C)C(=O)OCC. The van der Waals surface area contributed by atoms with Crippen LogP contribution < -0.4 is 0 Å². The smallest absolute Gasteiger partial charge is 0.337 e. The normalized spacial score (nSPS) is 11.5. The van der Waals surface area contributed by atoms with Gasteiger partial charge in [0.2, 0.25) is 0 Å². The Morgan fingerprint density at radius 1 is 1.18 bits per heavy atom. The van der Waals surface area contributed by atoms with E-state index in [-0.39, 0.29) is 18.5 Å². The van der Waals surface area contributed by atoms with Crippen LogP contribution in [0.1, 0.15) is 40.5 Å². The minimum Gasteiger partial charge on any atom is -0.463 e. The van der Waals surface area contributed by atoms with Crippen LogP contribution in [0.15, 0.2) is 11.6 Å². The molecule has 0 saturated heterocycles. The van der Waals surface area contributed by atoms with Gasteiger partial charge in [0.1, 0.15) is 6.61 Å². The Balaban J connectivity index is 4.39. The van der Waals surface area contributed by atoms with Crippen molar-refractivity contribution in [3.05, 3.63) is 11.6 Å². The van der Waals surface area contributed by atoms with E-state index in [0.29, 0.717) is 12.2 Å². The molecule has 17 heavy (non-hydrogen) atoms. The number of ether oxygens (including phenoxy) is 2. The van der Waals surface area contributed by atoms with E-state index in [4.69, 9.17) is 9.47 Å². The maximum atomic E-state index is 11.5. The minimum absolute atomic E-state index is 0.00412. The fourth-order valence-corrected chi connectivity index (χ4v) is 1.06. The Kier molecular flexibility index (Phi) is 8.11. The van der Waals surface area contributed by atoms with Crippen LogP contribution in [-0.2, 0) is 19.1 Å². The number of hydrogen-bond acceptors (Lipinski definition) is 4. The number of carbonyl (C=O) groups excluding carboxylic acids is 2. The summed E-state index contributed by atoms with van der Waals surface area (Å²) in [5, 5.41) is 0. The van der Waals surface area contributed by atoms with Crippen molar-refractivity contribution in [3.8, 4) is 0 Å². The predicted molar refractivity (Wildman–Crippen MR) is 65.4 cm³/mol. The van der Waals surface area contributed by atoms with Crippen molar-refractivity contribution in [3.63, 3.8) is 0 Å². The Labute approximate surface area is 103 Å². The summed E-state index contributed by atoms with van der Waals surface area (Å²) in [6, 6.07) is 0. The number of unbranched alkanes of at least 4 members (excludes halogenated alkanes) is 1. The van der Waals surface area contributed by atoms with Crippen molar-refractivity contribution in [2.75, 3.05) is 13.2 Å². The standard InChI is InChI=1S/C13H22O4/c1-5-7-8-11(13(15)16-6-2)9-17-12(14)10(3)4/h8,10H,5-7,9H2,1-4H3. The van der Waals surface area contributed by atoms with E-state index in [1.165, 1.54) is 0 Å². The molecule has 0 radical (unpaired) electrons. The van der Waals surface area contributed by atoms with Crippen molar-refractivity contribution in [1.82, 2.24) is 0 Å². The fourth-order valence-electron chi connectivity index (χ4n) is 1.06. The van der Waals surface area contributed by atoms with E-state index >= 15 is 0 Å². The van der Waals surface area contributed by atoms with Crippen LogP contribution in [-0.4, -0.2) is 25.2 Å². The molecule has 0 aliphatic carbocycles. The van der Waals surface area contributed by atoms with Crippen LogP contribution in [0.25, 0.3) is 0 Å². The Hall–Kier alpha value is -1.32. The summed E-state index contributed by atoms with van der Waals surface area (Å²) in [5.74, 6) is -0.904. The molecule has 0 bridgehead atoms. The molecule has 0 aromatic carbocycles. The summed E-state index contributed by atoms with van der Waals surface area (Å²) in [5.41, 5.74) is 0.419. The maximum absolute atomic E-state index is 11.5. The molecule has 4 heteroatoms. The third kappa shape index (κ3) is 6.76. The molecule has 0 amide bonds. The van der Waals surface area contributed by atoms with Crippen molar-refractivity contribution >= 4 is 11.9 Å². The van der Waals surface area contributed by atoms with Crippen molar-refractivity contribution in [1.29, 1.82) is 0 Å². The monoisotopic (exact) mass is 242 g/mol. The Bertz CT molecular complexity index is 279. The zero-order chi connectivity index (χ0) is 13.3. The molecular formula is C13H22O4. The van der Waals surface area contributed by atoms with E-state index in [2.05, 4.69) is 0 Å². The van der Waals surface area contributed by atoms with Crippen LogP contribution >= 0.6 is 0 Å². The second-order valence-corrected chi connectivity index (χ2v) is 4.00. The van der Waals surface area contributed by atoms with Gasteiger partial charge in [-0.05, 0) is 13.3 Å². The van der Waals surface area contributed by atoms with Crippen LogP contribution in [0.5, 0.6) is 0 Å².